The van der Waals surface area contributed by atoms with Crippen LogP contribution in [0.2, 0.25) is 0 Å². The molecule has 2 unspecified atom stereocenters. The average molecular weight is 353 g/mol. The van der Waals surface area contributed by atoms with E-state index >= 15 is 0 Å². The van der Waals surface area contributed by atoms with E-state index < -0.39 is 0 Å². The first-order chi connectivity index (χ1) is 10.0. The lowest BCUT2D eigenvalue weighted by Gasteiger charge is -2.21. The number of halogens is 1. The van der Waals surface area contributed by atoms with Gasteiger partial charge in [0.1, 0.15) is 0 Å². The van der Waals surface area contributed by atoms with Crippen LogP contribution < -0.4 is 5.69 Å². The van der Waals surface area contributed by atoms with Gasteiger partial charge in [0, 0.05) is 18.9 Å². The van der Waals surface area contributed by atoms with Crippen molar-refractivity contribution in [2.75, 3.05) is 0 Å². The molecule has 0 saturated carbocycles. The Labute approximate surface area is 135 Å². The molecule has 2 atom stereocenters. The second kappa shape index (κ2) is 6.82. The Morgan fingerprint density at radius 1 is 1.14 bits per heavy atom. The Kier molecular flexibility index (Phi) is 5.31. The van der Waals surface area contributed by atoms with Crippen molar-refractivity contribution in [1.82, 2.24) is 9.13 Å². The molecular weight excluding hydrogens is 328 g/mol. The largest absolute Gasteiger partial charge is 0.328 e. The lowest BCUT2D eigenvalue weighted by molar-refractivity contribution is 0.446. The molecule has 0 N–H and O–H groups in total. The van der Waals surface area contributed by atoms with Gasteiger partial charge in [-0.2, -0.15) is 0 Å². The molecule has 0 aliphatic heterocycles. The Morgan fingerprint density at radius 3 is 2.43 bits per heavy atom. The molecule has 1 aromatic carbocycles. The zero-order chi connectivity index (χ0) is 15.6. The van der Waals surface area contributed by atoms with Gasteiger partial charge in [0.2, 0.25) is 0 Å². The molecule has 2 aromatic rings. The molecule has 0 bridgehead atoms. The fourth-order valence-electron chi connectivity index (χ4n) is 2.99. The Balaban J connectivity index is 2.38. The molecule has 0 aliphatic carbocycles. The van der Waals surface area contributed by atoms with Crippen LogP contribution in [0.25, 0.3) is 11.0 Å². The predicted molar refractivity (Wildman–Crippen MR) is 93.1 cm³/mol. The van der Waals surface area contributed by atoms with E-state index in [0.717, 1.165) is 11.0 Å². The van der Waals surface area contributed by atoms with Gasteiger partial charge < -0.3 is 0 Å². The highest BCUT2D eigenvalue weighted by molar-refractivity contribution is 9.09. The zero-order valence-electron chi connectivity index (χ0n) is 13.4. The summed E-state index contributed by atoms with van der Waals surface area (Å²) < 4.78 is 3.43. The number of nitrogens with zero attached hydrogens (tertiary/aromatic N) is 2. The lowest BCUT2D eigenvalue weighted by atomic mass is 9.91. The summed E-state index contributed by atoms with van der Waals surface area (Å²) in [5.74, 6) is 0.642. The number of fused-ring (bicyclic) bond motifs is 1. The average Bonchev–Trinajstić information content (AvgIpc) is 2.72. The molecular formula is C17H25BrN2O. The van der Waals surface area contributed by atoms with Crippen molar-refractivity contribution in [3.63, 3.8) is 0 Å². The topological polar surface area (TPSA) is 26.9 Å². The van der Waals surface area contributed by atoms with Gasteiger partial charge in [-0.1, -0.05) is 55.1 Å². The maximum Gasteiger partial charge on any atom is 0.328 e. The SMILES string of the molecule is CCCCC(CC)C(Br)c1ccc2c(c1)n(C)c(=O)n2C. The fourth-order valence-corrected chi connectivity index (χ4v) is 3.91. The fraction of sp³-hybridized carbons (Fsp3) is 0.588. The molecule has 0 fully saturated rings. The van der Waals surface area contributed by atoms with Gasteiger partial charge in [0.05, 0.1) is 11.0 Å². The van der Waals surface area contributed by atoms with Gasteiger partial charge >= 0.3 is 5.69 Å². The van der Waals surface area contributed by atoms with E-state index in [9.17, 15) is 4.79 Å². The third-order valence-electron chi connectivity index (χ3n) is 4.48. The van der Waals surface area contributed by atoms with Crippen LogP contribution in [0.1, 0.15) is 49.9 Å². The second-order valence-electron chi connectivity index (χ2n) is 5.86. The molecule has 21 heavy (non-hydrogen) atoms. The number of alkyl halides is 1. The number of imidazole rings is 1. The summed E-state index contributed by atoms with van der Waals surface area (Å²) in [5, 5.41) is 0. The molecule has 0 spiro atoms. The van der Waals surface area contributed by atoms with E-state index in [0.29, 0.717) is 10.7 Å². The van der Waals surface area contributed by atoms with E-state index in [1.54, 1.807) is 9.13 Å². The smallest absolute Gasteiger partial charge is 0.295 e. The number of rotatable bonds is 6. The Hall–Kier alpha value is -1.03. The van der Waals surface area contributed by atoms with Crippen molar-refractivity contribution < 1.29 is 0 Å². The van der Waals surface area contributed by atoms with Crippen LogP contribution in [0.5, 0.6) is 0 Å². The van der Waals surface area contributed by atoms with Gasteiger partial charge in [0.15, 0.2) is 0 Å². The first kappa shape index (κ1) is 16.3. The van der Waals surface area contributed by atoms with Gasteiger partial charge in [0.25, 0.3) is 0 Å². The van der Waals surface area contributed by atoms with E-state index in [1.807, 2.05) is 14.1 Å². The number of unbranched alkanes of at least 4 members (excludes halogenated alkanes) is 1. The van der Waals surface area contributed by atoms with Crippen molar-refractivity contribution in [3.8, 4) is 0 Å². The quantitative estimate of drug-likeness (QED) is 0.701. The van der Waals surface area contributed by atoms with Gasteiger partial charge in [-0.15, -0.1) is 0 Å². The first-order valence-electron chi connectivity index (χ1n) is 7.80. The van der Waals surface area contributed by atoms with E-state index in [2.05, 4.69) is 48.0 Å². The van der Waals surface area contributed by atoms with Crippen molar-refractivity contribution >= 4 is 27.0 Å². The minimum atomic E-state index is 0.0336. The van der Waals surface area contributed by atoms with Crippen molar-refractivity contribution in [1.29, 1.82) is 0 Å². The first-order valence-corrected chi connectivity index (χ1v) is 8.72. The molecule has 1 heterocycles. The lowest BCUT2D eigenvalue weighted by Crippen LogP contribution is -2.19. The molecule has 2 rings (SSSR count). The van der Waals surface area contributed by atoms with Crippen molar-refractivity contribution in [2.24, 2.45) is 20.0 Å². The number of benzene rings is 1. The summed E-state index contributed by atoms with van der Waals surface area (Å²) in [4.78, 5) is 12.4. The van der Waals surface area contributed by atoms with Crippen LogP contribution in [0.15, 0.2) is 23.0 Å². The van der Waals surface area contributed by atoms with E-state index in [-0.39, 0.29) is 5.69 Å². The van der Waals surface area contributed by atoms with Crippen LogP contribution in [0, 0.1) is 5.92 Å². The molecule has 0 saturated heterocycles. The Bertz CT molecular complexity index is 671. The minimum absolute atomic E-state index is 0.0336. The van der Waals surface area contributed by atoms with Gasteiger partial charge in [-0.3, -0.25) is 9.13 Å². The predicted octanol–water partition coefficient (Wildman–Crippen LogP) is 4.53. The molecule has 0 amide bonds. The van der Waals surface area contributed by atoms with E-state index in [4.69, 9.17) is 0 Å². The molecule has 4 heteroatoms. The molecule has 3 nitrogen and oxygen atoms in total. The minimum Gasteiger partial charge on any atom is -0.295 e. The zero-order valence-corrected chi connectivity index (χ0v) is 15.0. The highest BCUT2D eigenvalue weighted by atomic mass is 79.9. The highest BCUT2D eigenvalue weighted by Gasteiger charge is 2.20. The summed E-state index contributed by atoms with van der Waals surface area (Å²) >= 11 is 3.88. The molecule has 1 aromatic heterocycles. The summed E-state index contributed by atoms with van der Waals surface area (Å²) in [6.45, 7) is 4.49. The summed E-state index contributed by atoms with van der Waals surface area (Å²) in [7, 11) is 3.66. The van der Waals surface area contributed by atoms with Crippen molar-refractivity contribution in [3.05, 3.63) is 34.2 Å². The van der Waals surface area contributed by atoms with Gasteiger partial charge in [-0.05, 0) is 30.0 Å². The van der Waals surface area contributed by atoms with Crippen LogP contribution in [-0.4, -0.2) is 9.13 Å². The van der Waals surface area contributed by atoms with Gasteiger partial charge in [-0.25, -0.2) is 4.79 Å². The number of hydrogen-bond donors (Lipinski definition) is 0. The number of aryl methyl sites for hydroxylation is 2. The maximum atomic E-state index is 12.0. The van der Waals surface area contributed by atoms with Crippen molar-refractivity contribution in [2.45, 2.75) is 44.4 Å². The van der Waals surface area contributed by atoms with Crippen LogP contribution in [0.4, 0.5) is 0 Å². The number of aromatic nitrogens is 2. The number of hydrogen-bond acceptors (Lipinski definition) is 1. The summed E-state index contributed by atoms with van der Waals surface area (Å²) in [6, 6.07) is 6.37. The second-order valence-corrected chi connectivity index (χ2v) is 6.85. The molecule has 116 valence electrons. The summed E-state index contributed by atoms with van der Waals surface area (Å²) in [5.41, 5.74) is 3.31. The Morgan fingerprint density at radius 2 is 1.81 bits per heavy atom. The standard InChI is InChI=1S/C17H25BrN2O/c1-5-7-8-12(6-2)16(18)13-9-10-14-15(11-13)20(4)17(21)19(14)3/h9-12,16H,5-8H2,1-4H3. The molecule has 0 aliphatic rings. The van der Waals surface area contributed by atoms with E-state index in [1.165, 1.54) is 31.2 Å². The van der Waals surface area contributed by atoms with Crippen LogP contribution >= 0.6 is 15.9 Å². The monoisotopic (exact) mass is 352 g/mol. The van der Waals surface area contributed by atoms with Crippen LogP contribution in [-0.2, 0) is 14.1 Å². The highest BCUT2D eigenvalue weighted by Crippen LogP contribution is 2.37. The molecule has 0 radical (unpaired) electrons. The normalized spacial score (nSPS) is 14.5. The third-order valence-corrected chi connectivity index (χ3v) is 5.76. The van der Waals surface area contributed by atoms with Crippen LogP contribution in [0.3, 0.4) is 0 Å². The third kappa shape index (κ3) is 3.10. The maximum absolute atomic E-state index is 12.0. The summed E-state index contributed by atoms with van der Waals surface area (Å²) in [6.07, 6.45) is 4.92.